The van der Waals surface area contributed by atoms with E-state index in [4.69, 9.17) is 12.2 Å². The summed E-state index contributed by atoms with van der Waals surface area (Å²) in [7, 11) is 0. The van der Waals surface area contributed by atoms with Crippen molar-refractivity contribution in [3.63, 3.8) is 0 Å². The second kappa shape index (κ2) is 9.03. The Labute approximate surface area is 200 Å². The summed E-state index contributed by atoms with van der Waals surface area (Å²) in [4.78, 5) is 38.1. The van der Waals surface area contributed by atoms with Crippen LogP contribution < -0.4 is 15.5 Å². The second-order valence-corrected chi connectivity index (χ2v) is 8.19. The number of carbonyl (C=O) groups is 3. The van der Waals surface area contributed by atoms with Crippen molar-refractivity contribution in [3.05, 3.63) is 82.9 Å². The average molecular weight is 477 g/mol. The van der Waals surface area contributed by atoms with E-state index in [0.29, 0.717) is 11.3 Å². The molecular weight excluding hydrogens is 455 g/mol. The summed E-state index contributed by atoms with van der Waals surface area (Å²) in [5, 5.41) is 5.02. The lowest BCUT2D eigenvalue weighted by Gasteiger charge is -2.29. The Balaban J connectivity index is 1.72. The van der Waals surface area contributed by atoms with Crippen LogP contribution in [-0.2, 0) is 14.4 Å². The molecule has 1 aromatic heterocycles. The summed E-state index contributed by atoms with van der Waals surface area (Å²) in [6.07, 6.45) is 1.48. The van der Waals surface area contributed by atoms with Crippen LogP contribution in [0.3, 0.4) is 0 Å². The highest BCUT2D eigenvalue weighted by Gasteiger charge is 2.35. The third-order valence-electron chi connectivity index (χ3n) is 5.41. The molecule has 1 fully saturated rings. The maximum Gasteiger partial charge on any atom is 0.270 e. The van der Waals surface area contributed by atoms with E-state index in [1.54, 1.807) is 18.2 Å². The van der Waals surface area contributed by atoms with E-state index in [0.717, 1.165) is 22.0 Å². The molecule has 1 aliphatic heterocycles. The molecule has 3 aromatic rings. The van der Waals surface area contributed by atoms with Crippen molar-refractivity contribution in [1.29, 1.82) is 0 Å². The summed E-state index contributed by atoms with van der Waals surface area (Å²) < 4.78 is 16.3. The number of thiocarbonyl (C=S) groups is 1. The van der Waals surface area contributed by atoms with Gasteiger partial charge in [0.05, 0.1) is 5.69 Å². The standard InChI is InChI=1S/C25H21FN4O3S/c1-14-12-17(15(2)29(14)19-10-8-18(9-11-19)27-16(3)31)13-20-23(32)28-25(34)30(24(20)33)22-7-5-4-6-21(22)26/h4-13H,1-3H3,(H,27,31)(H,28,32,34)/b20-13+. The summed E-state index contributed by atoms with van der Waals surface area (Å²) in [6.45, 7) is 5.21. The van der Waals surface area contributed by atoms with Gasteiger partial charge in [0.1, 0.15) is 11.4 Å². The highest BCUT2D eigenvalue weighted by Crippen LogP contribution is 2.27. The number of halogens is 1. The molecule has 7 nitrogen and oxygen atoms in total. The number of benzene rings is 2. The van der Waals surface area contributed by atoms with Gasteiger partial charge in [0.2, 0.25) is 5.91 Å². The fourth-order valence-corrected chi connectivity index (χ4v) is 4.17. The molecule has 2 heterocycles. The molecule has 0 unspecified atom stereocenters. The van der Waals surface area contributed by atoms with Gasteiger partial charge in [-0.05, 0) is 80.2 Å². The van der Waals surface area contributed by atoms with E-state index in [-0.39, 0.29) is 22.3 Å². The summed E-state index contributed by atoms with van der Waals surface area (Å²) in [5.41, 5.74) is 3.66. The number of hydrogen-bond acceptors (Lipinski definition) is 4. The van der Waals surface area contributed by atoms with Crippen molar-refractivity contribution in [1.82, 2.24) is 9.88 Å². The minimum atomic E-state index is -0.705. The predicted molar refractivity (Wildman–Crippen MR) is 132 cm³/mol. The van der Waals surface area contributed by atoms with Crippen molar-refractivity contribution in [2.75, 3.05) is 10.2 Å². The SMILES string of the molecule is CC(=O)Nc1ccc(-n2c(C)cc(/C=C3\C(=O)NC(=S)N(c4ccccc4F)C3=O)c2C)cc1. The summed E-state index contributed by atoms with van der Waals surface area (Å²) >= 11 is 5.14. The van der Waals surface area contributed by atoms with Gasteiger partial charge in [-0.15, -0.1) is 0 Å². The Hall–Kier alpha value is -4.11. The zero-order valence-electron chi connectivity index (χ0n) is 18.7. The van der Waals surface area contributed by atoms with Gasteiger partial charge in [0, 0.05) is 29.7 Å². The molecule has 4 rings (SSSR count). The van der Waals surface area contributed by atoms with E-state index in [9.17, 15) is 18.8 Å². The van der Waals surface area contributed by atoms with Gasteiger partial charge in [-0.3, -0.25) is 19.7 Å². The molecule has 0 atom stereocenters. The van der Waals surface area contributed by atoms with Crippen LogP contribution in [-0.4, -0.2) is 27.4 Å². The van der Waals surface area contributed by atoms with Gasteiger partial charge in [-0.25, -0.2) is 9.29 Å². The van der Waals surface area contributed by atoms with Crippen LogP contribution in [0.4, 0.5) is 15.8 Å². The Morgan fingerprint density at radius 3 is 2.41 bits per heavy atom. The maximum absolute atomic E-state index is 14.4. The quantitative estimate of drug-likeness (QED) is 0.339. The van der Waals surface area contributed by atoms with Crippen LogP contribution in [0.2, 0.25) is 0 Å². The average Bonchev–Trinajstić information content (AvgIpc) is 3.05. The van der Waals surface area contributed by atoms with Crippen LogP contribution >= 0.6 is 12.2 Å². The first kappa shape index (κ1) is 23.1. The first-order chi connectivity index (χ1) is 16.2. The number of nitrogens with zero attached hydrogens (tertiary/aromatic N) is 2. The normalized spacial score (nSPS) is 15.0. The van der Waals surface area contributed by atoms with E-state index in [1.165, 1.54) is 31.2 Å². The molecule has 9 heteroatoms. The Kier molecular flexibility index (Phi) is 6.12. The van der Waals surface area contributed by atoms with Gasteiger partial charge in [-0.2, -0.15) is 0 Å². The molecule has 1 saturated heterocycles. The first-order valence-electron chi connectivity index (χ1n) is 10.4. The number of nitrogens with one attached hydrogen (secondary N) is 2. The van der Waals surface area contributed by atoms with Gasteiger partial charge in [0.25, 0.3) is 11.8 Å². The van der Waals surface area contributed by atoms with Crippen LogP contribution in [0.15, 0.2) is 60.2 Å². The van der Waals surface area contributed by atoms with Crippen molar-refractivity contribution in [2.24, 2.45) is 0 Å². The maximum atomic E-state index is 14.4. The molecular formula is C25H21FN4O3S. The molecule has 172 valence electrons. The van der Waals surface area contributed by atoms with Crippen LogP contribution in [0.25, 0.3) is 11.8 Å². The Bertz CT molecular complexity index is 1380. The number of amides is 3. The minimum Gasteiger partial charge on any atom is -0.326 e. The number of rotatable bonds is 4. The topological polar surface area (TPSA) is 83.4 Å². The van der Waals surface area contributed by atoms with Gasteiger partial charge >= 0.3 is 0 Å². The van der Waals surface area contributed by atoms with Crippen LogP contribution in [0, 0.1) is 19.7 Å². The third-order valence-corrected chi connectivity index (χ3v) is 5.70. The van der Waals surface area contributed by atoms with E-state index >= 15 is 0 Å². The molecule has 0 spiro atoms. The summed E-state index contributed by atoms with van der Waals surface area (Å²) in [5.74, 6) is -2.14. The molecule has 0 saturated carbocycles. The largest absolute Gasteiger partial charge is 0.326 e. The molecule has 0 radical (unpaired) electrons. The number of aryl methyl sites for hydroxylation is 1. The van der Waals surface area contributed by atoms with E-state index < -0.39 is 17.6 Å². The number of para-hydroxylation sites is 1. The molecule has 0 aliphatic carbocycles. The predicted octanol–water partition coefficient (Wildman–Crippen LogP) is 4.02. The van der Waals surface area contributed by atoms with Crippen LogP contribution in [0.1, 0.15) is 23.9 Å². The van der Waals surface area contributed by atoms with Crippen LogP contribution in [0.5, 0.6) is 0 Å². The lowest BCUT2D eigenvalue weighted by Crippen LogP contribution is -2.54. The molecule has 34 heavy (non-hydrogen) atoms. The molecule has 2 N–H and O–H groups in total. The number of hydrogen-bond donors (Lipinski definition) is 2. The smallest absolute Gasteiger partial charge is 0.270 e. The number of anilines is 2. The van der Waals surface area contributed by atoms with Gasteiger partial charge in [-0.1, -0.05) is 12.1 Å². The zero-order valence-corrected chi connectivity index (χ0v) is 19.5. The van der Waals surface area contributed by atoms with Gasteiger partial charge < -0.3 is 9.88 Å². The Morgan fingerprint density at radius 1 is 1.09 bits per heavy atom. The lowest BCUT2D eigenvalue weighted by atomic mass is 10.1. The molecule has 0 bridgehead atoms. The van der Waals surface area contributed by atoms with E-state index in [1.807, 2.05) is 36.6 Å². The van der Waals surface area contributed by atoms with Crippen molar-refractivity contribution < 1.29 is 18.8 Å². The third kappa shape index (κ3) is 4.25. The van der Waals surface area contributed by atoms with Crippen molar-refractivity contribution >= 4 is 52.5 Å². The van der Waals surface area contributed by atoms with E-state index in [2.05, 4.69) is 10.6 Å². The molecule has 2 aromatic carbocycles. The monoisotopic (exact) mass is 476 g/mol. The van der Waals surface area contributed by atoms with Crippen molar-refractivity contribution in [2.45, 2.75) is 20.8 Å². The minimum absolute atomic E-state index is 0.0341. The summed E-state index contributed by atoms with van der Waals surface area (Å²) in [6, 6.07) is 14.9. The van der Waals surface area contributed by atoms with Crippen molar-refractivity contribution in [3.8, 4) is 5.69 Å². The number of aromatic nitrogens is 1. The van der Waals surface area contributed by atoms with Gasteiger partial charge in [0.15, 0.2) is 5.11 Å². The Morgan fingerprint density at radius 2 is 1.76 bits per heavy atom. The fraction of sp³-hybridized carbons (Fsp3) is 0.120. The second-order valence-electron chi connectivity index (χ2n) is 7.80. The molecule has 3 amide bonds. The fourth-order valence-electron chi connectivity index (χ4n) is 3.89. The highest BCUT2D eigenvalue weighted by molar-refractivity contribution is 7.80. The zero-order chi connectivity index (χ0) is 24.6. The first-order valence-corrected chi connectivity index (χ1v) is 10.8. The molecule has 1 aliphatic rings. The lowest BCUT2D eigenvalue weighted by molar-refractivity contribution is -0.122. The number of carbonyl (C=O) groups excluding carboxylic acids is 3. The highest BCUT2D eigenvalue weighted by atomic mass is 32.1.